The van der Waals surface area contributed by atoms with Crippen LogP contribution in [0.25, 0.3) is 0 Å². The Hall–Kier alpha value is -2.24. The van der Waals surface area contributed by atoms with Crippen LogP contribution in [0, 0.1) is 11.8 Å². The number of piperidine rings is 1. The standard InChI is InChI=1S/C29H37ClN2O3/c1-21(2)20-34-26-11-7-24(8-12-26)19-32-27(17-22-5-9-25(30)10-6-22)29(35-28(32)33)13-15-31(16-14-29)18-23-3-4-23/h5-12,21,23,27H,3-4,13-20H2,1-2H3. The minimum absolute atomic E-state index is 0.00359. The van der Waals surface area contributed by atoms with E-state index in [-0.39, 0.29) is 12.1 Å². The third-order valence-electron chi connectivity index (χ3n) is 7.63. The second-order valence-corrected chi connectivity index (χ2v) is 11.4. The van der Waals surface area contributed by atoms with Crippen LogP contribution in [0.1, 0.15) is 50.7 Å². The average molecular weight is 497 g/mol. The molecule has 1 unspecified atom stereocenters. The molecule has 0 N–H and O–H groups in total. The summed E-state index contributed by atoms with van der Waals surface area (Å²) in [6.45, 7) is 8.70. The molecule has 188 valence electrons. The van der Waals surface area contributed by atoms with E-state index in [2.05, 4.69) is 43.0 Å². The van der Waals surface area contributed by atoms with Gasteiger partial charge in [0.15, 0.2) is 0 Å². The topological polar surface area (TPSA) is 42.0 Å². The van der Waals surface area contributed by atoms with Crippen LogP contribution in [0.4, 0.5) is 4.79 Å². The summed E-state index contributed by atoms with van der Waals surface area (Å²) < 4.78 is 12.1. The summed E-state index contributed by atoms with van der Waals surface area (Å²) >= 11 is 6.14. The Morgan fingerprint density at radius 3 is 2.31 bits per heavy atom. The van der Waals surface area contributed by atoms with Crippen molar-refractivity contribution in [2.45, 2.75) is 64.1 Å². The molecular weight excluding hydrogens is 460 g/mol. The van der Waals surface area contributed by atoms with E-state index in [0.717, 1.165) is 54.6 Å². The lowest BCUT2D eigenvalue weighted by Gasteiger charge is -2.42. The Morgan fingerprint density at radius 1 is 1.03 bits per heavy atom. The van der Waals surface area contributed by atoms with Gasteiger partial charge in [0.2, 0.25) is 0 Å². The van der Waals surface area contributed by atoms with Crippen LogP contribution in [-0.4, -0.2) is 53.8 Å². The summed E-state index contributed by atoms with van der Waals surface area (Å²) in [5.74, 6) is 2.22. The maximum atomic E-state index is 13.3. The lowest BCUT2D eigenvalue weighted by molar-refractivity contribution is -0.0225. The second-order valence-electron chi connectivity index (χ2n) is 11.0. The third kappa shape index (κ3) is 5.95. The zero-order valence-electron chi connectivity index (χ0n) is 20.9. The van der Waals surface area contributed by atoms with Gasteiger partial charge in [-0.15, -0.1) is 0 Å². The number of carbonyl (C=O) groups is 1. The number of halogens is 1. The minimum atomic E-state index is -0.433. The van der Waals surface area contributed by atoms with Crippen LogP contribution >= 0.6 is 11.6 Å². The van der Waals surface area contributed by atoms with Gasteiger partial charge in [-0.1, -0.05) is 49.7 Å². The third-order valence-corrected chi connectivity index (χ3v) is 7.88. The van der Waals surface area contributed by atoms with Crippen LogP contribution < -0.4 is 4.74 Å². The number of hydrogen-bond acceptors (Lipinski definition) is 4. The molecule has 6 heteroatoms. The van der Waals surface area contributed by atoms with E-state index in [4.69, 9.17) is 21.1 Å². The Balaban J connectivity index is 1.33. The van der Waals surface area contributed by atoms with Gasteiger partial charge < -0.3 is 14.4 Å². The molecule has 0 bridgehead atoms. The molecule has 3 aliphatic rings. The van der Waals surface area contributed by atoms with Crippen molar-refractivity contribution in [1.29, 1.82) is 0 Å². The van der Waals surface area contributed by atoms with Gasteiger partial charge in [-0.2, -0.15) is 0 Å². The first kappa shape index (κ1) is 24.5. The number of rotatable bonds is 9. The molecule has 2 heterocycles. The second kappa shape index (κ2) is 10.4. The molecule has 0 aromatic heterocycles. The van der Waals surface area contributed by atoms with Crippen molar-refractivity contribution >= 4 is 17.7 Å². The number of amides is 1. The molecule has 5 rings (SSSR count). The molecule has 1 amide bonds. The van der Waals surface area contributed by atoms with E-state index >= 15 is 0 Å². The molecule has 2 aliphatic heterocycles. The number of benzene rings is 2. The fourth-order valence-electron chi connectivity index (χ4n) is 5.39. The SMILES string of the molecule is CC(C)COc1ccc(CN2C(=O)OC3(CCN(CC4CC4)CC3)C2Cc2ccc(Cl)cc2)cc1. The molecule has 35 heavy (non-hydrogen) atoms. The normalized spacial score (nSPS) is 22.1. The van der Waals surface area contributed by atoms with Gasteiger partial charge >= 0.3 is 6.09 Å². The molecule has 1 atom stereocenters. The van der Waals surface area contributed by atoms with Crippen LogP contribution in [0.15, 0.2) is 48.5 Å². The molecule has 2 aromatic rings. The number of ether oxygens (including phenoxy) is 2. The number of likely N-dealkylation sites (tertiary alicyclic amines) is 1. The summed E-state index contributed by atoms with van der Waals surface area (Å²) in [4.78, 5) is 17.8. The number of carbonyl (C=O) groups excluding carboxylic acids is 1. The maximum absolute atomic E-state index is 13.3. The Bertz CT molecular complexity index is 996. The van der Waals surface area contributed by atoms with Gasteiger partial charge in [-0.25, -0.2) is 4.79 Å². The van der Waals surface area contributed by atoms with E-state index in [1.165, 1.54) is 24.9 Å². The average Bonchev–Trinajstić information content (AvgIpc) is 3.63. The Kier molecular flexibility index (Phi) is 7.26. The van der Waals surface area contributed by atoms with Crippen molar-refractivity contribution in [2.75, 3.05) is 26.2 Å². The van der Waals surface area contributed by atoms with E-state index in [1.807, 2.05) is 29.2 Å². The summed E-state index contributed by atoms with van der Waals surface area (Å²) in [7, 11) is 0. The van der Waals surface area contributed by atoms with Gasteiger partial charge in [0.25, 0.3) is 0 Å². The molecular formula is C29H37ClN2O3. The van der Waals surface area contributed by atoms with Crippen LogP contribution in [0.2, 0.25) is 5.02 Å². The highest BCUT2D eigenvalue weighted by Gasteiger charge is 2.54. The highest BCUT2D eigenvalue weighted by atomic mass is 35.5. The van der Waals surface area contributed by atoms with E-state index < -0.39 is 5.60 Å². The molecule has 1 aliphatic carbocycles. The molecule has 2 saturated heterocycles. The summed E-state index contributed by atoms with van der Waals surface area (Å²) in [5, 5.41) is 0.729. The molecule has 2 aromatic carbocycles. The zero-order valence-corrected chi connectivity index (χ0v) is 21.7. The first-order chi connectivity index (χ1) is 16.9. The molecule has 0 radical (unpaired) electrons. The number of hydrogen-bond donors (Lipinski definition) is 0. The summed E-state index contributed by atoms with van der Waals surface area (Å²) in [6, 6.07) is 16.1. The van der Waals surface area contributed by atoms with Crippen molar-refractivity contribution in [1.82, 2.24) is 9.80 Å². The first-order valence-corrected chi connectivity index (χ1v) is 13.5. The van der Waals surface area contributed by atoms with Crippen molar-refractivity contribution in [2.24, 2.45) is 11.8 Å². The molecule has 5 nitrogen and oxygen atoms in total. The monoisotopic (exact) mass is 496 g/mol. The van der Waals surface area contributed by atoms with Crippen molar-refractivity contribution < 1.29 is 14.3 Å². The van der Waals surface area contributed by atoms with Crippen molar-refractivity contribution in [3.63, 3.8) is 0 Å². The predicted molar refractivity (Wildman–Crippen MR) is 139 cm³/mol. The molecule has 1 spiro atoms. The summed E-state index contributed by atoms with van der Waals surface area (Å²) in [6.07, 6.45) is 5.08. The van der Waals surface area contributed by atoms with Gasteiger partial charge in [-0.3, -0.25) is 4.90 Å². The summed E-state index contributed by atoms with van der Waals surface area (Å²) in [5.41, 5.74) is 1.83. The largest absolute Gasteiger partial charge is 0.493 e. The fraction of sp³-hybridized carbons (Fsp3) is 0.552. The maximum Gasteiger partial charge on any atom is 0.411 e. The fourth-order valence-corrected chi connectivity index (χ4v) is 5.52. The van der Waals surface area contributed by atoms with Crippen LogP contribution in [0.3, 0.4) is 0 Å². The highest BCUT2D eigenvalue weighted by molar-refractivity contribution is 6.30. The van der Waals surface area contributed by atoms with E-state index in [1.54, 1.807) is 0 Å². The van der Waals surface area contributed by atoms with Crippen molar-refractivity contribution in [3.05, 3.63) is 64.7 Å². The van der Waals surface area contributed by atoms with E-state index in [0.29, 0.717) is 19.1 Å². The van der Waals surface area contributed by atoms with Gasteiger partial charge in [0, 0.05) is 44.0 Å². The van der Waals surface area contributed by atoms with E-state index in [9.17, 15) is 4.79 Å². The lowest BCUT2D eigenvalue weighted by Crippen LogP contribution is -2.53. The Morgan fingerprint density at radius 2 is 1.69 bits per heavy atom. The smallest absolute Gasteiger partial charge is 0.411 e. The van der Waals surface area contributed by atoms with Gasteiger partial charge in [0.05, 0.1) is 12.6 Å². The Labute approximate surface area is 214 Å². The van der Waals surface area contributed by atoms with Gasteiger partial charge in [0.1, 0.15) is 11.4 Å². The minimum Gasteiger partial charge on any atom is -0.493 e. The van der Waals surface area contributed by atoms with Crippen LogP contribution in [0.5, 0.6) is 5.75 Å². The first-order valence-electron chi connectivity index (χ1n) is 13.1. The molecule has 3 fully saturated rings. The lowest BCUT2D eigenvalue weighted by atomic mass is 9.81. The quantitative estimate of drug-likeness (QED) is 0.415. The predicted octanol–water partition coefficient (Wildman–Crippen LogP) is 6.18. The highest BCUT2D eigenvalue weighted by Crippen LogP contribution is 2.42. The van der Waals surface area contributed by atoms with Gasteiger partial charge in [-0.05, 0) is 66.5 Å². The van der Waals surface area contributed by atoms with Crippen LogP contribution in [-0.2, 0) is 17.7 Å². The van der Waals surface area contributed by atoms with Crippen molar-refractivity contribution in [3.8, 4) is 5.75 Å². The zero-order chi connectivity index (χ0) is 24.4. The molecule has 1 saturated carbocycles. The number of nitrogens with zero attached hydrogens (tertiary/aromatic N) is 2.